The lowest BCUT2D eigenvalue weighted by Crippen LogP contribution is -2.34. The summed E-state index contributed by atoms with van der Waals surface area (Å²) in [6.07, 6.45) is -0.633. The molecular weight excluding hydrogens is 332 g/mol. The molecule has 2 aromatic rings. The Labute approximate surface area is 139 Å². The van der Waals surface area contributed by atoms with E-state index in [4.69, 9.17) is 9.47 Å². The van der Waals surface area contributed by atoms with E-state index in [-0.39, 0.29) is 16.5 Å². The number of rotatable bonds is 4. The van der Waals surface area contributed by atoms with Crippen molar-refractivity contribution < 1.29 is 22.7 Å². The summed E-state index contributed by atoms with van der Waals surface area (Å²) in [5.41, 5.74) is 0.543. The monoisotopic (exact) mass is 348 g/mol. The lowest BCUT2D eigenvalue weighted by molar-refractivity contribution is -0.122. The quantitative estimate of drug-likeness (QED) is 0.883. The van der Waals surface area contributed by atoms with E-state index in [1.807, 2.05) is 0 Å². The van der Waals surface area contributed by atoms with E-state index >= 15 is 0 Å². The van der Waals surface area contributed by atoms with Gasteiger partial charge in [0.2, 0.25) is 0 Å². The number of benzene rings is 2. The van der Waals surface area contributed by atoms with Crippen molar-refractivity contribution in [3.63, 3.8) is 0 Å². The molecule has 1 aliphatic rings. The summed E-state index contributed by atoms with van der Waals surface area (Å²) in [6, 6.07) is 10.9. The Morgan fingerprint density at radius 1 is 1.17 bits per heavy atom. The zero-order valence-electron chi connectivity index (χ0n) is 13.1. The Balaban J connectivity index is 1.93. The van der Waals surface area contributed by atoms with E-state index in [0.29, 0.717) is 17.2 Å². The minimum atomic E-state index is -3.82. The minimum absolute atomic E-state index is 0.0809. The zero-order valence-corrected chi connectivity index (χ0v) is 13.9. The molecule has 0 aliphatic carbocycles. The number of anilines is 2. The van der Waals surface area contributed by atoms with E-state index < -0.39 is 16.1 Å². The molecule has 2 aromatic carbocycles. The van der Waals surface area contributed by atoms with Crippen molar-refractivity contribution in [1.29, 1.82) is 0 Å². The summed E-state index contributed by atoms with van der Waals surface area (Å²) in [5.74, 6) is 0.635. The second-order valence-corrected chi connectivity index (χ2v) is 6.89. The van der Waals surface area contributed by atoms with Gasteiger partial charge in [0.1, 0.15) is 17.2 Å². The van der Waals surface area contributed by atoms with Crippen LogP contribution in [0.1, 0.15) is 6.92 Å². The van der Waals surface area contributed by atoms with Gasteiger partial charge in [0.25, 0.3) is 15.9 Å². The predicted molar refractivity (Wildman–Crippen MR) is 89.0 cm³/mol. The highest BCUT2D eigenvalue weighted by atomic mass is 32.2. The topological polar surface area (TPSA) is 93.7 Å². The van der Waals surface area contributed by atoms with Crippen molar-refractivity contribution in [2.45, 2.75) is 17.9 Å². The van der Waals surface area contributed by atoms with Crippen LogP contribution in [0.3, 0.4) is 0 Å². The van der Waals surface area contributed by atoms with Crippen molar-refractivity contribution in [3.05, 3.63) is 42.5 Å². The van der Waals surface area contributed by atoms with Gasteiger partial charge in [0.05, 0.1) is 17.7 Å². The second-order valence-electron chi connectivity index (χ2n) is 5.21. The molecule has 0 fully saturated rings. The highest BCUT2D eigenvalue weighted by molar-refractivity contribution is 7.92. The standard InChI is InChI=1S/C16H16N2O5S/c1-10-16(19)17-15-13(4-3-5-14(15)23-10)18-24(20,21)12-8-6-11(22-2)7-9-12/h3-10,18H,1-2H3,(H,17,19). The number of nitrogens with one attached hydrogen (secondary N) is 2. The third kappa shape index (κ3) is 3.00. The summed E-state index contributed by atoms with van der Waals surface area (Å²) in [5, 5.41) is 2.66. The van der Waals surface area contributed by atoms with E-state index in [1.54, 1.807) is 37.3 Å². The molecule has 7 nitrogen and oxygen atoms in total. The third-order valence-electron chi connectivity index (χ3n) is 3.56. The molecule has 0 saturated heterocycles. The van der Waals surface area contributed by atoms with Gasteiger partial charge in [-0.2, -0.15) is 0 Å². The number of sulfonamides is 1. The Hall–Kier alpha value is -2.74. The smallest absolute Gasteiger partial charge is 0.265 e. The molecule has 1 unspecified atom stereocenters. The highest BCUT2D eigenvalue weighted by Crippen LogP contribution is 2.37. The summed E-state index contributed by atoms with van der Waals surface area (Å²) < 4.78 is 38.0. The maximum absolute atomic E-state index is 12.5. The molecular formula is C16H16N2O5S. The molecule has 126 valence electrons. The van der Waals surface area contributed by atoms with Gasteiger partial charge in [-0.15, -0.1) is 0 Å². The Bertz CT molecular complexity index is 878. The van der Waals surface area contributed by atoms with Gasteiger partial charge in [-0.25, -0.2) is 8.42 Å². The van der Waals surface area contributed by atoms with Crippen LogP contribution in [0.4, 0.5) is 11.4 Å². The molecule has 0 aromatic heterocycles. The van der Waals surface area contributed by atoms with Gasteiger partial charge >= 0.3 is 0 Å². The lowest BCUT2D eigenvalue weighted by atomic mass is 10.2. The Morgan fingerprint density at radius 3 is 2.54 bits per heavy atom. The van der Waals surface area contributed by atoms with Crippen LogP contribution in [-0.4, -0.2) is 27.5 Å². The van der Waals surface area contributed by atoms with Gasteiger partial charge < -0.3 is 14.8 Å². The number of carbonyl (C=O) groups excluding carboxylic acids is 1. The lowest BCUT2D eigenvalue weighted by Gasteiger charge is -2.25. The number of fused-ring (bicyclic) bond motifs is 1. The fourth-order valence-corrected chi connectivity index (χ4v) is 3.34. The molecule has 8 heteroatoms. The van der Waals surface area contributed by atoms with Crippen molar-refractivity contribution >= 4 is 27.3 Å². The van der Waals surface area contributed by atoms with Crippen LogP contribution in [0.2, 0.25) is 0 Å². The van der Waals surface area contributed by atoms with Crippen LogP contribution < -0.4 is 19.5 Å². The first kappa shape index (κ1) is 16.1. The SMILES string of the molecule is COc1ccc(S(=O)(=O)Nc2cccc3c2NC(=O)C(C)O3)cc1. The normalized spacial score (nSPS) is 16.6. The molecule has 0 spiro atoms. The first-order valence-electron chi connectivity index (χ1n) is 7.18. The number of para-hydroxylation sites is 1. The molecule has 3 rings (SSSR count). The van der Waals surface area contributed by atoms with Crippen LogP contribution in [-0.2, 0) is 14.8 Å². The summed E-state index contributed by atoms with van der Waals surface area (Å²) in [4.78, 5) is 11.9. The maximum atomic E-state index is 12.5. The van der Waals surface area contributed by atoms with Gasteiger partial charge in [0, 0.05) is 0 Å². The van der Waals surface area contributed by atoms with Crippen LogP contribution in [0.25, 0.3) is 0 Å². The molecule has 1 heterocycles. The predicted octanol–water partition coefficient (Wildman–Crippen LogP) is 2.22. The number of methoxy groups -OCH3 is 1. The van der Waals surface area contributed by atoms with Gasteiger partial charge in [-0.3, -0.25) is 9.52 Å². The molecule has 1 amide bonds. The van der Waals surface area contributed by atoms with Crippen LogP contribution in [0.15, 0.2) is 47.4 Å². The molecule has 0 radical (unpaired) electrons. The summed E-state index contributed by atoms with van der Waals surface area (Å²) >= 11 is 0. The first-order chi connectivity index (χ1) is 11.4. The molecule has 0 saturated carbocycles. The third-order valence-corrected chi connectivity index (χ3v) is 4.94. The summed E-state index contributed by atoms with van der Waals surface area (Å²) in [6.45, 7) is 1.62. The molecule has 1 atom stereocenters. The number of carbonyl (C=O) groups is 1. The highest BCUT2D eigenvalue weighted by Gasteiger charge is 2.27. The summed E-state index contributed by atoms with van der Waals surface area (Å²) in [7, 11) is -2.31. The van der Waals surface area contributed by atoms with Crippen molar-refractivity contribution in [3.8, 4) is 11.5 Å². The van der Waals surface area contributed by atoms with Gasteiger partial charge in [-0.05, 0) is 43.3 Å². The first-order valence-corrected chi connectivity index (χ1v) is 8.66. The van der Waals surface area contributed by atoms with Crippen molar-refractivity contribution in [1.82, 2.24) is 0 Å². The van der Waals surface area contributed by atoms with Crippen LogP contribution in [0.5, 0.6) is 11.5 Å². The Morgan fingerprint density at radius 2 is 1.88 bits per heavy atom. The maximum Gasteiger partial charge on any atom is 0.265 e. The van der Waals surface area contributed by atoms with Crippen LogP contribution >= 0.6 is 0 Å². The second kappa shape index (κ2) is 6.04. The minimum Gasteiger partial charge on any atom is -0.497 e. The van der Waals surface area contributed by atoms with E-state index in [0.717, 1.165) is 0 Å². The largest absolute Gasteiger partial charge is 0.497 e. The fourth-order valence-electron chi connectivity index (χ4n) is 2.27. The van der Waals surface area contributed by atoms with Crippen molar-refractivity contribution in [2.24, 2.45) is 0 Å². The van der Waals surface area contributed by atoms with E-state index in [2.05, 4.69) is 10.0 Å². The van der Waals surface area contributed by atoms with E-state index in [1.165, 1.54) is 19.2 Å². The number of hydrogen-bond donors (Lipinski definition) is 2. The van der Waals surface area contributed by atoms with Gasteiger partial charge in [-0.1, -0.05) is 6.07 Å². The Kier molecular flexibility index (Phi) is 4.06. The van der Waals surface area contributed by atoms with Crippen molar-refractivity contribution in [2.75, 3.05) is 17.1 Å². The van der Waals surface area contributed by atoms with Gasteiger partial charge in [0.15, 0.2) is 6.10 Å². The zero-order chi connectivity index (χ0) is 17.3. The number of amides is 1. The average molecular weight is 348 g/mol. The van der Waals surface area contributed by atoms with Crippen LogP contribution in [0, 0.1) is 0 Å². The molecule has 2 N–H and O–H groups in total. The van der Waals surface area contributed by atoms with E-state index in [9.17, 15) is 13.2 Å². The molecule has 1 aliphatic heterocycles. The average Bonchev–Trinajstić information content (AvgIpc) is 2.56. The number of hydrogen-bond acceptors (Lipinski definition) is 5. The molecule has 0 bridgehead atoms. The molecule has 24 heavy (non-hydrogen) atoms. The number of ether oxygens (including phenoxy) is 2. The fraction of sp³-hybridized carbons (Fsp3) is 0.188.